The summed E-state index contributed by atoms with van der Waals surface area (Å²) in [4.78, 5) is 14.8. The number of hydrogen-bond donors (Lipinski definition) is 1. The van der Waals surface area contributed by atoms with Crippen LogP contribution in [0.4, 0.5) is 0 Å². The molecule has 2 N–H and O–H groups in total. The van der Waals surface area contributed by atoms with E-state index in [4.69, 9.17) is 10.5 Å². The Morgan fingerprint density at radius 2 is 2.24 bits per heavy atom. The fraction of sp³-hybridized carbons (Fsp3) is 0.588. The van der Waals surface area contributed by atoms with Gasteiger partial charge in [-0.1, -0.05) is 25.0 Å². The van der Waals surface area contributed by atoms with Crippen molar-refractivity contribution < 1.29 is 9.53 Å². The Kier molecular flexibility index (Phi) is 5.23. The monoisotopic (exact) mass is 290 g/mol. The van der Waals surface area contributed by atoms with Gasteiger partial charge in [-0.05, 0) is 37.8 Å². The highest BCUT2D eigenvalue weighted by atomic mass is 16.5. The molecule has 0 radical (unpaired) electrons. The highest BCUT2D eigenvalue weighted by Gasteiger charge is 2.31. The van der Waals surface area contributed by atoms with Gasteiger partial charge < -0.3 is 15.4 Å². The van der Waals surface area contributed by atoms with Crippen molar-refractivity contribution >= 4 is 5.91 Å². The van der Waals surface area contributed by atoms with Gasteiger partial charge in [0.1, 0.15) is 5.75 Å². The number of nitrogens with two attached hydrogens (primary N) is 1. The molecule has 1 aliphatic rings. The molecule has 116 valence electrons. The molecule has 0 spiro atoms. The van der Waals surface area contributed by atoms with Crippen LogP contribution in [0.5, 0.6) is 5.75 Å². The fourth-order valence-corrected chi connectivity index (χ4v) is 3.14. The summed E-state index contributed by atoms with van der Waals surface area (Å²) in [5, 5.41) is 0. The number of methoxy groups -OCH3 is 1. The number of piperidine rings is 1. The van der Waals surface area contributed by atoms with E-state index in [1.54, 1.807) is 7.11 Å². The third kappa shape index (κ3) is 3.38. The zero-order valence-electron chi connectivity index (χ0n) is 13.3. The predicted octanol–water partition coefficient (Wildman–Crippen LogP) is 2.59. The second-order valence-corrected chi connectivity index (χ2v) is 5.89. The molecular weight excluding hydrogens is 264 g/mol. The number of hydrogen-bond acceptors (Lipinski definition) is 3. The maximum atomic E-state index is 12.9. The van der Waals surface area contributed by atoms with Gasteiger partial charge in [0.15, 0.2) is 0 Å². The number of benzene rings is 1. The molecule has 0 saturated carbocycles. The number of rotatable bonds is 4. The zero-order valence-corrected chi connectivity index (χ0v) is 13.3. The third-order valence-corrected chi connectivity index (χ3v) is 4.52. The lowest BCUT2D eigenvalue weighted by Crippen LogP contribution is -2.49. The minimum Gasteiger partial charge on any atom is -0.496 e. The van der Waals surface area contributed by atoms with Gasteiger partial charge in [-0.15, -0.1) is 0 Å². The quantitative estimate of drug-likeness (QED) is 0.927. The Bertz CT molecular complexity index is 502. The number of ether oxygens (including phenoxy) is 1. The minimum absolute atomic E-state index is 0.0422. The Labute approximate surface area is 127 Å². The highest BCUT2D eigenvalue weighted by Crippen LogP contribution is 2.28. The van der Waals surface area contributed by atoms with Crippen LogP contribution in [0.3, 0.4) is 0 Å². The largest absolute Gasteiger partial charge is 0.496 e. The summed E-state index contributed by atoms with van der Waals surface area (Å²) in [6.07, 6.45) is 3.23. The van der Waals surface area contributed by atoms with E-state index >= 15 is 0 Å². The molecule has 2 atom stereocenters. The highest BCUT2D eigenvalue weighted by molar-refractivity contribution is 5.97. The van der Waals surface area contributed by atoms with Crippen LogP contribution in [0.1, 0.15) is 42.1 Å². The zero-order chi connectivity index (χ0) is 15.4. The standard InChI is InChI=1S/C17H26N2O2/c1-4-13-7-8-19(14(10-13)11-18)17(20)15-9-12(2)5-6-16(15)21-3/h5-6,9,13-14H,4,7-8,10-11,18H2,1-3H3. The molecule has 1 amide bonds. The van der Waals surface area contributed by atoms with Gasteiger partial charge in [0.05, 0.1) is 12.7 Å². The fourth-order valence-electron chi connectivity index (χ4n) is 3.14. The van der Waals surface area contributed by atoms with Crippen LogP contribution in [0.2, 0.25) is 0 Å². The van der Waals surface area contributed by atoms with E-state index in [1.165, 1.54) is 0 Å². The molecule has 1 aromatic carbocycles. The van der Waals surface area contributed by atoms with E-state index in [2.05, 4.69) is 6.92 Å². The first-order valence-electron chi connectivity index (χ1n) is 7.76. The van der Waals surface area contributed by atoms with Crippen molar-refractivity contribution in [1.29, 1.82) is 0 Å². The summed E-state index contributed by atoms with van der Waals surface area (Å²) < 4.78 is 5.34. The second-order valence-electron chi connectivity index (χ2n) is 5.89. The molecule has 1 heterocycles. The van der Waals surface area contributed by atoms with Crippen LogP contribution < -0.4 is 10.5 Å². The van der Waals surface area contributed by atoms with Crippen LogP contribution in [0.25, 0.3) is 0 Å². The van der Waals surface area contributed by atoms with Crippen molar-refractivity contribution in [2.75, 3.05) is 20.2 Å². The first-order valence-corrected chi connectivity index (χ1v) is 7.76. The van der Waals surface area contributed by atoms with Crippen molar-refractivity contribution in [3.05, 3.63) is 29.3 Å². The van der Waals surface area contributed by atoms with Crippen LogP contribution >= 0.6 is 0 Å². The van der Waals surface area contributed by atoms with Crippen molar-refractivity contribution in [2.24, 2.45) is 11.7 Å². The number of aryl methyl sites for hydroxylation is 1. The number of amides is 1. The van der Waals surface area contributed by atoms with Gasteiger partial charge in [-0.25, -0.2) is 0 Å². The molecule has 1 aromatic rings. The molecule has 1 saturated heterocycles. The Morgan fingerprint density at radius 3 is 2.86 bits per heavy atom. The molecule has 2 unspecified atom stereocenters. The Balaban J connectivity index is 2.24. The molecule has 0 bridgehead atoms. The molecule has 0 aliphatic carbocycles. The van der Waals surface area contributed by atoms with Crippen LogP contribution in [0, 0.1) is 12.8 Å². The van der Waals surface area contributed by atoms with Crippen molar-refractivity contribution in [1.82, 2.24) is 4.90 Å². The summed E-state index contributed by atoms with van der Waals surface area (Å²) >= 11 is 0. The van der Waals surface area contributed by atoms with Gasteiger partial charge in [0, 0.05) is 19.1 Å². The van der Waals surface area contributed by atoms with E-state index in [-0.39, 0.29) is 11.9 Å². The lowest BCUT2D eigenvalue weighted by Gasteiger charge is -2.39. The average molecular weight is 290 g/mol. The molecule has 0 aromatic heterocycles. The topological polar surface area (TPSA) is 55.6 Å². The number of nitrogens with zero attached hydrogens (tertiary/aromatic N) is 1. The van der Waals surface area contributed by atoms with E-state index < -0.39 is 0 Å². The van der Waals surface area contributed by atoms with Gasteiger partial charge in [-0.3, -0.25) is 4.79 Å². The maximum absolute atomic E-state index is 12.9. The average Bonchev–Trinajstić information content (AvgIpc) is 2.53. The van der Waals surface area contributed by atoms with E-state index in [0.717, 1.165) is 31.4 Å². The van der Waals surface area contributed by atoms with Gasteiger partial charge in [0.25, 0.3) is 5.91 Å². The first-order chi connectivity index (χ1) is 10.1. The lowest BCUT2D eigenvalue weighted by molar-refractivity contribution is 0.0555. The van der Waals surface area contributed by atoms with E-state index in [1.807, 2.05) is 30.0 Å². The third-order valence-electron chi connectivity index (χ3n) is 4.52. The van der Waals surface area contributed by atoms with E-state index in [0.29, 0.717) is 23.8 Å². The SMILES string of the molecule is CCC1CCN(C(=O)c2cc(C)ccc2OC)C(CN)C1. The minimum atomic E-state index is 0.0422. The van der Waals surface area contributed by atoms with Crippen molar-refractivity contribution in [3.8, 4) is 5.75 Å². The molecule has 2 rings (SSSR count). The van der Waals surface area contributed by atoms with Gasteiger partial charge >= 0.3 is 0 Å². The smallest absolute Gasteiger partial charge is 0.257 e. The molecule has 4 heteroatoms. The second kappa shape index (κ2) is 6.94. The molecule has 1 fully saturated rings. The number of likely N-dealkylation sites (tertiary alicyclic amines) is 1. The van der Waals surface area contributed by atoms with Crippen LogP contribution in [0.15, 0.2) is 18.2 Å². The number of carbonyl (C=O) groups is 1. The summed E-state index contributed by atoms with van der Waals surface area (Å²) in [6.45, 7) is 5.51. The predicted molar refractivity (Wildman–Crippen MR) is 84.6 cm³/mol. The molecule has 4 nitrogen and oxygen atoms in total. The van der Waals surface area contributed by atoms with Gasteiger partial charge in [0.2, 0.25) is 0 Å². The summed E-state index contributed by atoms with van der Waals surface area (Å²) in [5.41, 5.74) is 7.61. The van der Waals surface area contributed by atoms with Crippen LogP contribution in [-0.2, 0) is 0 Å². The summed E-state index contributed by atoms with van der Waals surface area (Å²) in [7, 11) is 1.60. The maximum Gasteiger partial charge on any atom is 0.257 e. The molecule has 1 aliphatic heterocycles. The Hall–Kier alpha value is -1.55. The molecular formula is C17H26N2O2. The Morgan fingerprint density at radius 1 is 1.48 bits per heavy atom. The van der Waals surface area contributed by atoms with Crippen molar-refractivity contribution in [3.63, 3.8) is 0 Å². The normalized spacial score (nSPS) is 22.2. The molecule has 21 heavy (non-hydrogen) atoms. The number of carbonyl (C=O) groups excluding carboxylic acids is 1. The lowest BCUT2D eigenvalue weighted by atomic mass is 9.88. The van der Waals surface area contributed by atoms with E-state index in [9.17, 15) is 4.79 Å². The summed E-state index contributed by atoms with van der Waals surface area (Å²) in [5.74, 6) is 1.36. The van der Waals surface area contributed by atoms with Gasteiger partial charge in [-0.2, -0.15) is 0 Å². The summed E-state index contributed by atoms with van der Waals surface area (Å²) in [6, 6.07) is 5.86. The van der Waals surface area contributed by atoms with Crippen molar-refractivity contribution in [2.45, 2.75) is 39.2 Å². The van der Waals surface area contributed by atoms with Crippen LogP contribution in [-0.4, -0.2) is 37.0 Å². The first kappa shape index (κ1) is 15.8.